The molecule has 0 saturated carbocycles. The number of unbranched alkanes of at least 4 members (excludes halogenated alkanes) is 2. The summed E-state index contributed by atoms with van der Waals surface area (Å²) in [5.41, 5.74) is 19.2. The Kier molecular flexibility index (Phi) is 8.17. The minimum absolute atomic E-state index is 0.483. The fourth-order valence-electron chi connectivity index (χ4n) is 8.36. The van der Waals surface area contributed by atoms with Gasteiger partial charge in [-0.3, -0.25) is 0 Å². The second kappa shape index (κ2) is 12.5. The van der Waals surface area contributed by atoms with Crippen molar-refractivity contribution in [2.24, 2.45) is 11.8 Å². The van der Waals surface area contributed by atoms with Gasteiger partial charge in [0.25, 0.3) is 0 Å². The summed E-state index contributed by atoms with van der Waals surface area (Å²) in [5, 5.41) is 0. The van der Waals surface area contributed by atoms with Crippen LogP contribution in [0.2, 0.25) is 0 Å². The van der Waals surface area contributed by atoms with Crippen molar-refractivity contribution < 1.29 is 0 Å². The Morgan fingerprint density at radius 1 is 0.881 bits per heavy atom. The van der Waals surface area contributed by atoms with Crippen molar-refractivity contribution in [3.8, 4) is 0 Å². The van der Waals surface area contributed by atoms with Gasteiger partial charge in [0.05, 0.1) is 0 Å². The fraction of sp³-hybridized carbons (Fsp3) is 0.405. The van der Waals surface area contributed by atoms with Crippen molar-refractivity contribution in [1.82, 2.24) is 0 Å². The third-order valence-corrected chi connectivity index (χ3v) is 10.6. The van der Waals surface area contributed by atoms with E-state index in [1.165, 1.54) is 92.1 Å². The zero-order chi connectivity index (χ0) is 28.3. The van der Waals surface area contributed by atoms with Gasteiger partial charge in [-0.25, -0.2) is 0 Å². The highest BCUT2D eigenvalue weighted by molar-refractivity contribution is 5.77. The quantitative estimate of drug-likeness (QED) is 0.234. The zero-order valence-corrected chi connectivity index (χ0v) is 25.5. The maximum absolute atomic E-state index is 3.75. The molecule has 0 N–H and O–H groups in total. The van der Waals surface area contributed by atoms with Crippen LogP contribution in [0.3, 0.4) is 0 Å². The van der Waals surface area contributed by atoms with Gasteiger partial charge in [-0.2, -0.15) is 0 Å². The van der Waals surface area contributed by atoms with Gasteiger partial charge < -0.3 is 0 Å². The van der Waals surface area contributed by atoms with Crippen molar-refractivity contribution in [2.45, 2.75) is 96.3 Å². The Balaban J connectivity index is 1.14. The van der Waals surface area contributed by atoms with Crippen LogP contribution in [-0.2, 0) is 0 Å². The minimum Gasteiger partial charge on any atom is -0.121 e. The van der Waals surface area contributed by atoms with Gasteiger partial charge in [-0.05, 0) is 133 Å². The number of benzene rings is 1. The van der Waals surface area contributed by atoms with Crippen molar-refractivity contribution >= 4 is 5.57 Å². The monoisotopic (exact) mass is 550 g/mol. The third-order valence-electron chi connectivity index (χ3n) is 10.6. The predicted molar refractivity (Wildman–Crippen MR) is 179 cm³/mol. The summed E-state index contributed by atoms with van der Waals surface area (Å²) in [6, 6.07) is 9.24. The Morgan fingerprint density at radius 3 is 2.71 bits per heavy atom. The van der Waals surface area contributed by atoms with E-state index < -0.39 is 0 Å². The maximum atomic E-state index is 3.75. The number of hydrogen-bond donors (Lipinski definition) is 0. The first-order valence-electron chi connectivity index (χ1n) is 16.9. The molecule has 0 heterocycles. The van der Waals surface area contributed by atoms with Gasteiger partial charge in [0.1, 0.15) is 0 Å². The molecule has 3 unspecified atom stereocenters. The van der Waals surface area contributed by atoms with Crippen LogP contribution in [0.1, 0.15) is 107 Å². The Bertz CT molecular complexity index is 1540. The molecule has 214 valence electrons. The second-order valence-corrected chi connectivity index (χ2v) is 13.2. The molecule has 0 spiro atoms. The maximum Gasteiger partial charge on any atom is 0.00979 e. The van der Waals surface area contributed by atoms with Gasteiger partial charge in [-0.15, -0.1) is 5.73 Å². The SMILES string of the molecule is CCCCCC1=C=CC(C2C=CC(C3=CC=C(C4CC5=C(CCC=C5)c5ccccc54)CC3)=C3C=CCCC32)=CCC1. The normalized spacial score (nSPS) is 26.5. The summed E-state index contributed by atoms with van der Waals surface area (Å²) in [6.07, 6.45) is 40.3. The van der Waals surface area contributed by atoms with Crippen molar-refractivity contribution in [3.63, 3.8) is 0 Å². The lowest BCUT2D eigenvalue weighted by Crippen LogP contribution is -2.23. The molecule has 0 heteroatoms. The van der Waals surface area contributed by atoms with Gasteiger partial charge in [0.15, 0.2) is 0 Å². The molecule has 0 radical (unpaired) electrons. The average molecular weight is 551 g/mol. The smallest absolute Gasteiger partial charge is 0.00979 e. The van der Waals surface area contributed by atoms with Gasteiger partial charge >= 0.3 is 0 Å². The molecule has 7 rings (SSSR count). The van der Waals surface area contributed by atoms with Crippen LogP contribution in [0.4, 0.5) is 0 Å². The largest absolute Gasteiger partial charge is 0.121 e. The zero-order valence-electron chi connectivity index (χ0n) is 25.5. The van der Waals surface area contributed by atoms with Crippen molar-refractivity contribution in [2.75, 3.05) is 0 Å². The fourth-order valence-corrected chi connectivity index (χ4v) is 8.36. The highest BCUT2D eigenvalue weighted by Gasteiger charge is 2.33. The summed E-state index contributed by atoms with van der Waals surface area (Å²) in [7, 11) is 0. The number of rotatable bonds is 7. The van der Waals surface area contributed by atoms with Crippen molar-refractivity contribution in [3.05, 3.63) is 141 Å². The van der Waals surface area contributed by atoms with Gasteiger partial charge in [0.2, 0.25) is 0 Å². The molecule has 0 amide bonds. The molecule has 0 aromatic heterocycles. The standard InChI is InChI=1S/C42H46/c1-2-3-4-12-30-13-11-15-31(22-21-30)36-27-28-37(40-19-8-7-18-39(36)40)32-23-25-33(26-24-32)42-29-34-14-5-6-16-35(34)38-17-9-10-20-41(38)42/h5,8-10,14-15,17,19-20,22-23,25,27-28,36,39,42H,2-4,6-7,11-13,16,18,24,26,29H2,1H3. The molecule has 6 aliphatic carbocycles. The lowest BCUT2D eigenvalue weighted by Gasteiger charge is -2.36. The van der Waals surface area contributed by atoms with Crippen LogP contribution in [0, 0.1) is 11.8 Å². The van der Waals surface area contributed by atoms with E-state index in [1.54, 1.807) is 27.9 Å². The molecular formula is C42H46. The lowest BCUT2D eigenvalue weighted by atomic mass is 9.68. The van der Waals surface area contributed by atoms with Crippen LogP contribution in [0.15, 0.2) is 130 Å². The lowest BCUT2D eigenvalue weighted by molar-refractivity contribution is 0.468. The number of hydrogen-bond acceptors (Lipinski definition) is 0. The molecule has 3 atom stereocenters. The summed E-state index contributed by atoms with van der Waals surface area (Å²) >= 11 is 0. The van der Waals surface area contributed by atoms with E-state index in [1.807, 2.05) is 0 Å². The molecule has 0 bridgehead atoms. The van der Waals surface area contributed by atoms with Crippen molar-refractivity contribution in [1.29, 1.82) is 0 Å². The Morgan fingerprint density at radius 2 is 1.81 bits per heavy atom. The van der Waals surface area contributed by atoms with Crippen LogP contribution in [-0.4, -0.2) is 0 Å². The summed E-state index contributed by atoms with van der Waals surface area (Å²) in [5.74, 6) is 1.58. The van der Waals surface area contributed by atoms with Gasteiger partial charge in [-0.1, -0.05) is 104 Å². The summed E-state index contributed by atoms with van der Waals surface area (Å²) in [4.78, 5) is 0. The molecular weight excluding hydrogens is 504 g/mol. The first-order chi connectivity index (χ1) is 20.8. The number of fused-ring (bicyclic) bond motifs is 3. The van der Waals surface area contributed by atoms with Crippen LogP contribution in [0.5, 0.6) is 0 Å². The molecule has 0 nitrogen and oxygen atoms in total. The summed E-state index contributed by atoms with van der Waals surface area (Å²) < 4.78 is 0. The molecule has 1 aromatic rings. The highest BCUT2D eigenvalue weighted by atomic mass is 14.4. The molecule has 1 aromatic carbocycles. The Hall–Kier alpha value is -3.34. The second-order valence-electron chi connectivity index (χ2n) is 13.2. The van der Waals surface area contributed by atoms with E-state index in [9.17, 15) is 0 Å². The van der Waals surface area contributed by atoms with Gasteiger partial charge in [0, 0.05) is 11.8 Å². The molecule has 0 saturated heterocycles. The topological polar surface area (TPSA) is 0 Å². The van der Waals surface area contributed by atoms with E-state index in [0.29, 0.717) is 17.8 Å². The minimum atomic E-state index is 0.483. The molecule has 0 aliphatic heterocycles. The van der Waals surface area contributed by atoms with E-state index >= 15 is 0 Å². The van der Waals surface area contributed by atoms with Crippen LogP contribution in [0.25, 0.3) is 5.57 Å². The van der Waals surface area contributed by atoms with E-state index in [2.05, 4.69) is 97.7 Å². The highest BCUT2D eigenvalue weighted by Crippen LogP contribution is 2.49. The van der Waals surface area contributed by atoms with E-state index in [-0.39, 0.29) is 0 Å². The molecule has 42 heavy (non-hydrogen) atoms. The number of allylic oxidation sites excluding steroid dienone is 17. The summed E-state index contributed by atoms with van der Waals surface area (Å²) in [6.45, 7) is 2.29. The predicted octanol–water partition coefficient (Wildman–Crippen LogP) is 11.8. The Labute approximate surface area is 254 Å². The third kappa shape index (κ3) is 5.43. The average Bonchev–Trinajstić information content (AvgIpc) is 3.30. The first kappa shape index (κ1) is 27.5. The first-order valence-corrected chi connectivity index (χ1v) is 16.9. The van der Waals surface area contributed by atoms with Crippen LogP contribution >= 0.6 is 0 Å². The van der Waals surface area contributed by atoms with E-state index in [0.717, 1.165) is 19.3 Å². The molecule has 0 fully saturated rings. The van der Waals surface area contributed by atoms with Crippen LogP contribution < -0.4 is 0 Å². The van der Waals surface area contributed by atoms with E-state index in [4.69, 9.17) is 0 Å². The molecule has 6 aliphatic rings.